The summed E-state index contributed by atoms with van der Waals surface area (Å²) in [4.78, 5) is 2.51. The predicted molar refractivity (Wildman–Crippen MR) is 69.9 cm³/mol. The highest BCUT2D eigenvalue weighted by Gasteiger charge is 2.28. The molecule has 1 N–H and O–H groups in total. The van der Waals surface area contributed by atoms with Gasteiger partial charge in [-0.25, -0.2) is 0 Å². The Hall–Kier alpha value is -0.800. The van der Waals surface area contributed by atoms with E-state index in [4.69, 9.17) is 4.42 Å². The summed E-state index contributed by atoms with van der Waals surface area (Å²) in [5, 5.41) is 3.35. The molecule has 1 aromatic rings. The van der Waals surface area contributed by atoms with Crippen molar-refractivity contribution >= 4 is 0 Å². The lowest BCUT2D eigenvalue weighted by Gasteiger charge is -2.17. The number of nitrogens with zero attached hydrogens (tertiary/aromatic N) is 1. The van der Waals surface area contributed by atoms with E-state index in [1.807, 2.05) is 0 Å². The molecule has 0 aliphatic heterocycles. The molecule has 17 heavy (non-hydrogen) atoms. The molecule has 1 aliphatic carbocycles. The molecule has 0 bridgehead atoms. The first-order valence-electron chi connectivity index (χ1n) is 6.77. The minimum atomic E-state index is 0.808. The summed E-state index contributed by atoms with van der Waals surface area (Å²) in [6, 6.07) is 3.02. The zero-order valence-corrected chi connectivity index (χ0v) is 11.3. The van der Waals surface area contributed by atoms with Gasteiger partial charge < -0.3 is 9.73 Å². The van der Waals surface area contributed by atoms with Crippen LogP contribution < -0.4 is 5.32 Å². The van der Waals surface area contributed by atoms with Crippen LogP contribution in [0.5, 0.6) is 0 Å². The van der Waals surface area contributed by atoms with Crippen molar-refractivity contribution in [1.82, 2.24) is 10.2 Å². The van der Waals surface area contributed by atoms with Gasteiger partial charge in [0, 0.05) is 18.2 Å². The topological polar surface area (TPSA) is 28.4 Å². The Labute approximate surface area is 104 Å². The van der Waals surface area contributed by atoms with Crippen LogP contribution >= 0.6 is 0 Å². The Balaban J connectivity index is 1.95. The van der Waals surface area contributed by atoms with Crippen molar-refractivity contribution in [3.05, 3.63) is 23.2 Å². The molecule has 3 heteroatoms. The third-order valence-corrected chi connectivity index (χ3v) is 3.47. The molecule has 96 valence electrons. The fourth-order valence-electron chi connectivity index (χ4n) is 2.24. The van der Waals surface area contributed by atoms with Crippen LogP contribution in [-0.4, -0.2) is 24.0 Å². The molecule has 0 saturated heterocycles. The molecule has 2 rings (SSSR count). The van der Waals surface area contributed by atoms with Crippen LogP contribution in [0.1, 0.15) is 43.8 Å². The zero-order valence-electron chi connectivity index (χ0n) is 11.3. The van der Waals surface area contributed by atoms with Crippen molar-refractivity contribution < 1.29 is 4.42 Å². The Morgan fingerprint density at radius 2 is 2.18 bits per heavy atom. The van der Waals surface area contributed by atoms with E-state index < -0.39 is 0 Å². The Kier molecular flexibility index (Phi) is 4.24. The Bertz CT molecular complexity index is 355. The van der Waals surface area contributed by atoms with Gasteiger partial charge in [0.25, 0.3) is 0 Å². The lowest BCUT2D eigenvalue weighted by atomic mass is 10.2. The maximum absolute atomic E-state index is 5.84. The SMILES string of the molecule is CCNCc1cc(CN(CC)C2CC2)oc1C. The number of furan rings is 1. The van der Waals surface area contributed by atoms with Crippen LogP contribution in [0.15, 0.2) is 10.5 Å². The molecule has 0 aromatic carbocycles. The largest absolute Gasteiger partial charge is 0.465 e. The van der Waals surface area contributed by atoms with E-state index in [0.717, 1.165) is 43.7 Å². The van der Waals surface area contributed by atoms with Crippen molar-refractivity contribution in [2.75, 3.05) is 13.1 Å². The minimum Gasteiger partial charge on any atom is -0.465 e. The fraction of sp³-hybridized carbons (Fsp3) is 0.714. The molecule has 0 atom stereocenters. The van der Waals surface area contributed by atoms with Gasteiger partial charge in [0.05, 0.1) is 6.54 Å². The molecule has 1 aromatic heterocycles. The van der Waals surface area contributed by atoms with Crippen LogP contribution in [0.4, 0.5) is 0 Å². The van der Waals surface area contributed by atoms with Crippen LogP contribution in [-0.2, 0) is 13.1 Å². The quantitative estimate of drug-likeness (QED) is 0.789. The Morgan fingerprint density at radius 3 is 2.76 bits per heavy atom. The first-order chi connectivity index (χ1) is 8.24. The van der Waals surface area contributed by atoms with Gasteiger partial charge in [0.2, 0.25) is 0 Å². The number of rotatable bonds is 7. The maximum Gasteiger partial charge on any atom is 0.118 e. The standard InChI is InChI=1S/C14H24N2O/c1-4-15-9-12-8-14(17-11(12)3)10-16(5-2)13-6-7-13/h8,13,15H,4-7,9-10H2,1-3H3. The van der Waals surface area contributed by atoms with Crippen molar-refractivity contribution in [2.45, 2.75) is 52.7 Å². The summed E-state index contributed by atoms with van der Waals surface area (Å²) in [7, 11) is 0. The fourth-order valence-corrected chi connectivity index (χ4v) is 2.24. The third kappa shape index (κ3) is 3.33. The molecule has 1 heterocycles. The van der Waals surface area contributed by atoms with Crippen molar-refractivity contribution in [1.29, 1.82) is 0 Å². The molecule has 0 amide bonds. The van der Waals surface area contributed by atoms with E-state index in [0.29, 0.717) is 0 Å². The number of aryl methyl sites for hydroxylation is 1. The normalized spacial score (nSPS) is 15.8. The first-order valence-corrected chi connectivity index (χ1v) is 6.77. The summed E-state index contributed by atoms with van der Waals surface area (Å²) in [5.41, 5.74) is 1.30. The van der Waals surface area contributed by atoms with E-state index in [-0.39, 0.29) is 0 Å². The summed E-state index contributed by atoms with van der Waals surface area (Å²) in [5.74, 6) is 2.18. The van der Waals surface area contributed by atoms with Gasteiger partial charge in [0.15, 0.2) is 0 Å². The highest BCUT2D eigenvalue weighted by atomic mass is 16.3. The monoisotopic (exact) mass is 236 g/mol. The van der Waals surface area contributed by atoms with Gasteiger partial charge in [-0.3, -0.25) is 4.90 Å². The molecule has 1 saturated carbocycles. The van der Waals surface area contributed by atoms with Gasteiger partial charge in [0.1, 0.15) is 11.5 Å². The van der Waals surface area contributed by atoms with Crippen molar-refractivity contribution in [3.8, 4) is 0 Å². The van der Waals surface area contributed by atoms with Gasteiger partial charge >= 0.3 is 0 Å². The minimum absolute atomic E-state index is 0.808. The zero-order chi connectivity index (χ0) is 12.3. The molecule has 0 radical (unpaired) electrons. The summed E-state index contributed by atoms with van der Waals surface area (Å²) >= 11 is 0. The van der Waals surface area contributed by atoms with E-state index in [2.05, 4.69) is 37.1 Å². The molecular formula is C14H24N2O. The summed E-state index contributed by atoms with van der Waals surface area (Å²) in [6.07, 6.45) is 2.72. The van der Waals surface area contributed by atoms with Gasteiger partial charge in [-0.05, 0) is 38.9 Å². The number of hydrogen-bond donors (Lipinski definition) is 1. The molecule has 3 nitrogen and oxygen atoms in total. The van der Waals surface area contributed by atoms with Crippen molar-refractivity contribution in [3.63, 3.8) is 0 Å². The summed E-state index contributed by atoms with van der Waals surface area (Å²) in [6.45, 7) is 10.4. The number of hydrogen-bond acceptors (Lipinski definition) is 3. The first kappa shape index (κ1) is 12.7. The summed E-state index contributed by atoms with van der Waals surface area (Å²) < 4.78 is 5.84. The molecule has 0 unspecified atom stereocenters. The highest BCUT2D eigenvalue weighted by molar-refractivity contribution is 5.20. The second-order valence-electron chi connectivity index (χ2n) is 4.87. The van der Waals surface area contributed by atoms with Crippen molar-refractivity contribution in [2.24, 2.45) is 0 Å². The van der Waals surface area contributed by atoms with Gasteiger partial charge in [-0.2, -0.15) is 0 Å². The second kappa shape index (κ2) is 5.69. The van der Waals surface area contributed by atoms with Crippen LogP contribution in [0.25, 0.3) is 0 Å². The van der Waals surface area contributed by atoms with Crippen LogP contribution in [0, 0.1) is 6.92 Å². The van der Waals surface area contributed by atoms with Crippen LogP contribution in [0.2, 0.25) is 0 Å². The lowest BCUT2D eigenvalue weighted by molar-refractivity contribution is 0.244. The predicted octanol–water partition coefficient (Wildman–Crippen LogP) is 2.68. The van der Waals surface area contributed by atoms with Gasteiger partial charge in [-0.1, -0.05) is 13.8 Å². The highest BCUT2D eigenvalue weighted by Crippen LogP contribution is 2.28. The van der Waals surface area contributed by atoms with Crippen LogP contribution in [0.3, 0.4) is 0 Å². The second-order valence-corrected chi connectivity index (χ2v) is 4.87. The van der Waals surface area contributed by atoms with E-state index >= 15 is 0 Å². The lowest BCUT2D eigenvalue weighted by Crippen LogP contribution is -2.24. The van der Waals surface area contributed by atoms with E-state index in [1.54, 1.807) is 0 Å². The van der Waals surface area contributed by atoms with E-state index in [9.17, 15) is 0 Å². The van der Waals surface area contributed by atoms with E-state index in [1.165, 1.54) is 18.4 Å². The Morgan fingerprint density at radius 1 is 1.41 bits per heavy atom. The molecule has 1 fully saturated rings. The van der Waals surface area contributed by atoms with Gasteiger partial charge in [-0.15, -0.1) is 0 Å². The average Bonchev–Trinajstić information content (AvgIpc) is 3.09. The average molecular weight is 236 g/mol. The smallest absolute Gasteiger partial charge is 0.118 e. The maximum atomic E-state index is 5.84. The molecular weight excluding hydrogens is 212 g/mol. The molecule has 0 spiro atoms. The molecule has 1 aliphatic rings. The third-order valence-electron chi connectivity index (χ3n) is 3.47. The number of nitrogens with one attached hydrogen (secondary N) is 1.